The molecule has 0 saturated heterocycles. The van der Waals surface area contributed by atoms with Crippen LogP contribution >= 0.6 is 0 Å². The van der Waals surface area contributed by atoms with Crippen molar-refractivity contribution >= 4 is 11.0 Å². The van der Waals surface area contributed by atoms with Crippen LogP contribution in [0.5, 0.6) is 0 Å². The van der Waals surface area contributed by atoms with E-state index in [2.05, 4.69) is 22.3 Å². The van der Waals surface area contributed by atoms with Gasteiger partial charge in [-0.2, -0.15) is 0 Å². The number of nitrogens with zero attached hydrogens (tertiary/aromatic N) is 1. The van der Waals surface area contributed by atoms with E-state index in [1.165, 1.54) is 12.4 Å². The number of aromatic amines is 1. The molecule has 0 aliphatic carbocycles. The van der Waals surface area contributed by atoms with Crippen molar-refractivity contribution in [1.82, 2.24) is 9.97 Å². The highest BCUT2D eigenvalue weighted by atomic mass is 19.1. The Bertz CT molecular complexity index is 426. The zero-order chi connectivity index (χ0) is 9.68. The van der Waals surface area contributed by atoms with Crippen LogP contribution in [0.4, 0.5) is 4.39 Å². The van der Waals surface area contributed by atoms with Gasteiger partial charge in [-0.1, -0.05) is 6.07 Å². The Morgan fingerprint density at radius 3 is 2.85 bits per heavy atom. The first-order valence-electron chi connectivity index (χ1n) is 3.74. The number of nitrogens with one attached hydrogen (secondary N) is 1. The van der Waals surface area contributed by atoms with Gasteiger partial charge in [-0.25, -0.2) is 9.37 Å². The lowest BCUT2D eigenvalue weighted by atomic mass is 10.3. The molecule has 2 aromatic rings. The Labute approximate surface area is 75.8 Å². The van der Waals surface area contributed by atoms with Gasteiger partial charge in [0.2, 0.25) is 0 Å². The van der Waals surface area contributed by atoms with Crippen LogP contribution in [-0.2, 0) is 0 Å². The third-order valence-corrected chi connectivity index (χ3v) is 1.40. The molecule has 0 saturated carbocycles. The molecule has 0 aliphatic heterocycles. The largest absolute Gasteiger partial charge is 0.345 e. The van der Waals surface area contributed by atoms with Crippen LogP contribution in [0, 0.1) is 18.2 Å². The molecule has 2 nitrogen and oxygen atoms in total. The summed E-state index contributed by atoms with van der Waals surface area (Å²) in [5.41, 5.74) is 1.14. The molecule has 3 heteroatoms. The first-order chi connectivity index (χ1) is 6.29. The molecule has 0 aliphatic rings. The number of fused-ring (bicyclic) bond motifs is 1. The van der Waals surface area contributed by atoms with E-state index in [4.69, 9.17) is 0 Å². The summed E-state index contributed by atoms with van der Waals surface area (Å²) in [7, 11) is 0. The number of H-pyrrole nitrogens is 1. The van der Waals surface area contributed by atoms with Crippen molar-refractivity contribution in [2.75, 3.05) is 0 Å². The van der Waals surface area contributed by atoms with Crippen molar-refractivity contribution in [3.63, 3.8) is 0 Å². The third kappa shape index (κ3) is 2.06. The maximum Gasteiger partial charge on any atom is 0.151 e. The maximum atomic E-state index is 12.7. The molecule has 0 fully saturated rings. The molecule has 0 amide bonds. The number of imidazole rings is 1. The molecular formula is C10H9FN2. The standard InChI is InChI=1S/C7H5FN2.C3H4/c8-5-2-1-3-6-7(5)10-4-9-6;1-3-2/h1-4H,(H,9,10);1H,2H3. The van der Waals surface area contributed by atoms with Gasteiger partial charge in [-0.05, 0) is 19.1 Å². The summed E-state index contributed by atoms with van der Waals surface area (Å²) < 4.78 is 12.7. The summed E-state index contributed by atoms with van der Waals surface area (Å²) in [6.07, 6.45) is 6.08. The van der Waals surface area contributed by atoms with Gasteiger partial charge >= 0.3 is 0 Å². The molecular weight excluding hydrogens is 167 g/mol. The van der Waals surface area contributed by atoms with E-state index in [0.29, 0.717) is 5.52 Å². The van der Waals surface area contributed by atoms with Gasteiger partial charge in [0.05, 0.1) is 11.8 Å². The van der Waals surface area contributed by atoms with E-state index in [1.807, 2.05) is 0 Å². The molecule has 0 spiro atoms. The van der Waals surface area contributed by atoms with Gasteiger partial charge in [-0.3, -0.25) is 0 Å². The van der Waals surface area contributed by atoms with E-state index in [0.717, 1.165) is 5.52 Å². The summed E-state index contributed by atoms with van der Waals surface area (Å²) in [4.78, 5) is 6.60. The Morgan fingerprint density at radius 1 is 1.54 bits per heavy atom. The van der Waals surface area contributed by atoms with Crippen LogP contribution in [-0.4, -0.2) is 9.97 Å². The number of hydrogen-bond acceptors (Lipinski definition) is 1. The van der Waals surface area contributed by atoms with Crippen molar-refractivity contribution in [3.05, 3.63) is 30.3 Å². The molecule has 1 N–H and O–H groups in total. The second kappa shape index (κ2) is 4.27. The summed E-state index contributed by atoms with van der Waals surface area (Å²) in [5.74, 6) is 1.97. The summed E-state index contributed by atoms with van der Waals surface area (Å²) in [5, 5.41) is 0. The van der Waals surface area contributed by atoms with E-state index in [9.17, 15) is 4.39 Å². The minimum Gasteiger partial charge on any atom is -0.345 e. The average molecular weight is 176 g/mol. The number of aromatic nitrogens is 2. The van der Waals surface area contributed by atoms with Gasteiger partial charge in [0.15, 0.2) is 5.82 Å². The van der Waals surface area contributed by atoms with Crippen LogP contribution < -0.4 is 0 Å². The van der Waals surface area contributed by atoms with E-state index < -0.39 is 0 Å². The van der Waals surface area contributed by atoms with Crippen LogP contribution in [0.15, 0.2) is 24.5 Å². The molecule has 1 aromatic heterocycles. The lowest BCUT2D eigenvalue weighted by molar-refractivity contribution is 0.637. The minimum absolute atomic E-state index is 0.279. The van der Waals surface area contributed by atoms with Crippen LogP contribution in [0.25, 0.3) is 11.0 Å². The fourth-order valence-electron chi connectivity index (χ4n) is 0.929. The molecule has 0 unspecified atom stereocenters. The van der Waals surface area contributed by atoms with Crippen LogP contribution in [0.1, 0.15) is 6.92 Å². The van der Waals surface area contributed by atoms with E-state index in [-0.39, 0.29) is 5.82 Å². The second-order valence-corrected chi connectivity index (χ2v) is 2.33. The maximum absolute atomic E-state index is 12.7. The predicted molar refractivity (Wildman–Crippen MR) is 50.6 cm³/mol. The second-order valence-electron chi connectivity index (χ2n) is 2.33. The normalized spacial score (nSPS) is 8.69. The predicted octanol–water partition coefficient (Wildman–Crippen LogP) is 2.34. The third-order valence-electron chi connectivity index (χ3n) is 1.40. The van der Waals surface area contributed by atoms with Crippen LogP contribution in [0.2, 0.25) is 0 Å². The molecule has 66 valence electrons. The monoisotopic (exact) mass is 176 g/mol. The molecule has 0 bridgehead atoms. The fourth-order valence-corrected chi connectivity index (χ4v) is 0.929. The summed E-state index contributed by atoms with van der Waals surface area (Å²) in [6.45, 7) is 1.65. The number of terminal acetylenes is 1. The van der Waals surface area contributed by atoms with Crippen LogP contribution in [0.3, 0.4) is 0 Å². The van der Waals surface area contributed by atoms with Gasteiger partial charge in [0.25, 0.3) is 0 Å². The minimum atomic E-state index is -0.279. The molecule has 1 heterocycles. The average Bonchev–Trinajstić information content (AvgIpc) is 2.54. The van der Waals surface area contributed by atoms with Gasteiger partial charge in [-0.15, -0.1) is 12.3 Å². The van der Waals surface area contributed by atoms with Gasteiger partial charge < -0.3 is 4.98 Å². The lowest BCUT2D eigenvalue weighted by Gasteiger charge is -1.86. The summed E-state index contributed by atoms with van der Waals surface area (Å²) >= 11 is 0. The zero-order valence-corrected chi connectivity index (χ0v) is 7.21. The quantitative estimate of drug-likeness (QED) is 0.613. The number of para-hydroxylation sites is 1. The molecule has 2 rings (SSSR count). The Kier molecular flexibility index (Phi) is 3.04. The highest BCUT2D eigenvalue weighted by molar-refractivity contribution is 5.74. The van der Waals surface area contributed by atoms with E-state index >= 15 is 0 Å². The zero-order valence-electron chi connectivity index (χ0n) is 7.21. The number of halogens is 1. The lowest BCUT2D eigenvalue weighted by Crippen LogP contribution is -1.74. The highest BCUT2D eigenvalue weighted by Crippen LogP contribution is 2.11. The number of hydrogen-bond donors (Lipinski definition) is 1. The summed E-state index contributed by atoms with van der Waals surface area (Å²) in [6, 6.07) is 4.82. The van der Waals surface area contributed by atoms with Crippen molar-refractivity contribution in [1.29, 1.82) is 0 Å². The van der Waals surface area contributed by atoms with Crippen molar-refractivity contribution in [2.45, 2.75) is 6.92 Å². The molecule has 13 heavy (non-hydrogen) atoms. The first-order valence-corrected chi connectivity index (χ1v) is 3.74. The number of rotatable bonds is 0. The number of benzene rings is 1. The molecule has 1 aromatic carbocycles. The molecule has 0 atom stereocenters. The van der Waals surface area contributed by atoms with Crippen molar-refractivity contribution in [3.8, 4) is 12.3 Å². The topological polar surface area (TPSA) is 28.7 Å². The Balaban J connectivity index is 0.000000251. The van der Waals surface area contributed by atoms with Crippen molar-refractivity contribution < 1.29 is 4.39 Å². The van der Waals surface area contributed by atoms with Gasteiger partial charge in [0.1, 0.15) is 5.52 Å². The highest BCUT2D eigenvalue weighted by Gasteiger charge is 1.99. The molecule has 0 radical (unpaired) electrons. The van der Waals surface area contributed by atoms with Gasteiger partial charge in [0, 0.05) is 0 Å². The fraction of sp³-hybridized carbons (Fsp3) is 0.100. The Hall–Kier alpha value is -1.82. The Morgan fingerprint density at radius 2 is 2.23 bits per heavy atom. The van der Waals surface area contributed by atoms with Crippen molar-refractivity contribution in [2.24, 2.45) is 0 Å². The SMILES string of the molecule is C#CC.Fc1cccc2[nH]cnc12. The van der Waals surface area contributed by atoms with E-state index in [1.54, 1.807) is 19.1 Å². The smallest absolute Gasteiger partial charge is 0.151 e. The first kappa shape index (κ1) is 9.27.